The van der Waals surface area contributed by atoms with E-state index < -0.39 is 0 Å². The van der Waals surface area contributed by atoms with Gasteiger partial charge in [-0.1, -0.05) is 19.3 Å². The zero-order valence-corrected chi connectivity index (χ0v) is 16.7. The summed E-state index contributed by atoms with van der Waals surface area (Å²) < 4.78 is 7.96. The molecule has 0 bridgehead atoms. The minimum Gasteiger partial charge on any atom is -0.381 e. The lowest BCUT2D eigenvalue weighted by Crippen LogP contribution is -2.49. The van der Waals surface area contributed by atoms with Crippen molar-refractivity contribution in [1.29, 1.82) is 0 Å². The van der Waals surface area contributed by atoms with Crippen molar-refractivity contribution in [2.24, 2.45) is 0 Å². The molecule has 1 saturated carbocycles. The summed E-state index contributed by atoms with van der Waals surface area (Å²) in [6.07, 6.45) is 12.4. The van der Waals surface area contributed by atoms with Gasteiger partial charge in [-0.25, -0.2) is 9.78 Å². The summed E-state index contributed by atoms with van der Waals surface area (Å²) in [5.74, 6) is 1.69. The molecule has 1 aliphatic carbocycles. The maximum absolute atomic E-state index is 12.8. The molecule has 1 aromatic rings. The third-order valence-corrected chi connectivity index (χ3v) is 6.58. The van der Waals surface area contributed by atoms with E-state index in [9.17, 15) is 4.79 Å². The van der Waals surface area contributed by atoms with Crippen molar-refractivity contribution < 1.29 is 9.53 Å². The molecule has 3 aliphatic rings. The van der Waals surface area contributed by atoms with Crippen LogP contribution in [0.5, 0.6) is 0 Å². The molecule has 6 nitrogen and oxygen atoms in total. The van der Waals surface area contributed by atoms with Crippen LogP contribution in [0.3, 0.4) is 0 Å². The Morgan fingerprint density at radius 2 is 1.89 bits per heavy atom. The molecule has 1 atom stereocenters. The van der Waals surface area contributed by atoms with Gasteiger partial charge in [0.15, 0.2) is 0 Å². The Labute approximate surface area is 162 Å². The van der Waals surface area contributed by atoms with E-state index in [0.29, 0.717) is 18.0 Å². The number of aromatic nitrogens is 2. The lowest BCUT2D eigenvalue weighted by Gasteiger charge is -2.37. The van der Waals surface area contributed by atoms with Gasteiger partial charge in [0.25, 0.3) is 0 Å². The molecule has 1 unspecified atom stereocenters. The van der Waals surface area contributed by atoms with Gasteiger partial charge < -0.3 is 19.5 Å². The van der Waals surface area contributed by atoms with Crippen LogP contribution in [-0.4, -0.2) is 52.8 Å². The molecule has 3 fully saturated rings. The molecule has 3 heterocycles. The summed E-state index contributed by atoms with van der Waals surface area (Å²) in [4.78, 5) is 19.6. The minimum atomic E-state index is 0.136. The first-order valence-electron chi connectivity index (χ1n) is 10.9. The first-order chi connectivity index (χ1) is 13.2. The van der Waals surface area contributed by atoms with Crippen LogP contribution in [0.4, 0.5) is 4.79 Å². The van der Waals surface area contributed by atoms with Crippen molar-refractivity contribution >= 4 is 6.03 Å². The molecule has 0 radical (unpaired) electrons. The molecular weight excluding hydrogens is 340 g/mol. The van der Waals surface area contributed by atoms with Crippen molar-refractivity contribution in [3.63, 3.8) is 0 Å². The maximum atomic E-state index is 12.8. The topological polar surface area (TPSA) is 59.4 Å². The summed E-state index contributed by atoms with van der Waals surface area (Å²) in [5.41, 5.74) is 1.22. The summed E-state index contributed by atoms with van der Waals surface area (Å²) in [7, 11) is 0. The number of urea groups is 1. The van der Waals surface area contributed by atoms with Crippen molar-refractivity contribution in [3.05, 3.63) is 17.7 Å². The van der Waals surface area contributed by atoms with Gasteiger partial charge in [0.05, 0.1) is 6.04 Å². The number of hydrogen-bond donors (Lipinski definition) is 1. The maximum Gasteiger partial charge on any atom is 0.317 e. The van der Waals surface area contributed by atoms with Gasteiger partial charge in [0.2, 0.25) is 0 Å². The van der Waals surface area contributed by atoms with E-state index >= 15 is 0 Å². The van der Waals surface area contributed by atoms with E-state index in [-0.39, 0.29) is 6.03 Å². The second-order valence-corrected chi connectivity index (χ2v) is 8.54. The number of piperidine rings is 1. The van der Waals surface area contributed by atoms with Crippen LogP contribution in [-0.2, 0) is 4.74 Å². The highest BCUT2D eigenvalue weighted by Gasteiger charge is 2.30. The van der Waals surface area contributed by atoms with Crippen molar-refractivity contribution in [1.82, 2.24) is 19.8 Å². The Morgan fingerprint density at radius 1 is 1.11 bits per heavy atom. The summed E-state index contributed by atoms with van der Waals surface area (Å²) in [6.45, 7) is 5.48. The number of amides is 2. The van der Waals surface area contributed by atoms with Gasteiger partial charge in [-0.05, 0) is 45.4 Å². The van der Waals surface area contributed by atoms with Crippen molar-refractivity contribution in [3.8, 4) is 0 Å². The SMILES string of the molecule is Cc1cnc(C2CCOCC2)n1C1CCCN(C(=O)NC2CCCCC2)C1. The fraction of sp³-hybridized carbons (Fsp3) is 0.810. The van der Waals surface area contributed by atoms with Crippen LogP contribution < -0.4 is 5.32 Å². The normalized spacial score (nSPS) is 25.5. The average Bonchev–Trinajstić information content (AvgIpc) is 3.11. The van der Waals surface area contributed by atoms with Crippen molar-refractivity contribution in [2.75, 3.05) is 26.3 Å². The zero-order valence-electron chi connectivity index (χ0n) is 16.7. The molecule has 6 heteroatoms. The van der Waals surface area contributed by atoms with E-state index in [1.165, 1.54) is 30.8 Å². The number of aryl methyl sites for hydroxylation is 1. The smallest absolute Gasteiger partial charge is 0.317 e. The number of carbonyl (C=O) groups excluding carboxylic acids is 1. The van der Waals surface area contributed by atoms with Gasteiger partial charge in [0.1, 0.15) is 5.82 Å². The fourth-order valence-corrected chi connectivity index (χ4v) is 5.06. The minimum absolute atomic E-state index is 0.136. The van der Waals surface area contributed by atoms with Crippen LogP contribution in [0, 0.1) is 6.92 Å². The van der Waals surface area contributed by atoms with Gasteiger partial charge in [-0.3, -0.25) is 0 Å². The number of nitrogens with zero attached hydrogens (tertiary/aromatic N) is 3. The standard InChI is InChI=1S/C21H34N4O2/c1-16-14-22-20(17-9-12-27-13-10-17)25(16)19-8-5-11-24(15-19)21(26)23-18-6-3-2-4-7-18/h14,17-19H,2-13,15H2,1H3,(H,23,26). The first kappa shape index (κ1) is 18.8. The molecule has 0 aromatic carbocycles. The Bertz CT molecular complexity index is 632. The first-order valence-corrected chi connectivity index (χ1v) is 10.9. The number of rotatable bonds is 3. The highest BCUT2D eigenvalue weighted by molar-refractivity contribution is 5.74. The number of imidazole rings is 1. The van der Waals surface area contributed by atoms with Gasteiger partial charge in [-0.15, -0.1) is 0 Å². The molecular formula is C21H34N4O2. The van der Waals surface area contributed by atoms with Crippen LogP contribution in [0.15, 0.2) is 6.20 Å². The number of nitrogens with one attached hydrogen (secondary N) is 1. The molecule has 150 valence electrons. The molecule has 2 saturated heterocycles. The monoisotopic (exact) mass is 374 g/mol. The number of ether oxygens (including phenoxy) is 1. The Kier molecular flexibility index (Phi) is 6.01. The molecule has 0 spiro atoms. The predicted molar refractivity (Wildman–Crippen MR) is 105 cm³/mol. The quantitative estimate of drug-likeness (QED) is 0.876. The van der Waals surface area contributed by atoms with E-state index in [0.717, 1.165) is 64.8 Å². The van der Waals surface area contributed by atoms with Crippen LogP contribution in [0.1, 0.15) is 81.3 Å². The highest BCUT2D eigenvalue weighted by Crippen LogP contribution is 2.32. The summed E-state index contributed by atoms with van der Waals surface area (Å²) >= 11 is 0. The van der Waals surface area contributed by atoms with Gasteiger partial charge in [0, 0.05) is 50.2 Å². The fourth-order valence-electron chi connectivity index (χ4n) is 5.06. The molecule has 1 aromatic heterocycles. The second kappa shape index (κ2) is 8.63. The van der Waals surface area contributed by atoms with E-state index in [2.05, 4.69) is 16.8 Å². The molecule has 4 rings (SSSR count). The Morgan fingerprint density at radius 3 is 2.67 bits per heavy atom. The lowest BCUT2D eigenvalue weighted by atomic mass is 9.95. The largest absolute Gasteiger partial charge is 0.381 e. The molecule has 1 N–H and O–H groups in total. The number of likely N-dealkylation sites (tertiary alicyclic amines) is 1. The van der Waals surface area contributed by atoms with E-state index in [1.54, 1.807) is 0 Å². The molecule has 2 aliphatic heterocycles. The second-order valence-electron chi connectivity index (χ2n) is 8.54. The summed E-state index contributed by atoms with van der Waals surface area (Å²) in [6, 6.07) is 0.854. The number of hydrogen-bond acceptors (Lipinski definition) is 3. The van der Waals surface area contributed by atoms with E-state index in [1.807, 2.05) is 11.1 Å². The third-order valence-electron chi connectivity index (χ3n) is 6.58. The van der Waals surface area contributed by atoms with E-state index in [4.69, 9.17) is 9.72 Å². The van der Waals surface area contributed by atoms with Crippen molar-refractivity contribution in [2.45, 2.75) is 82.7 Å². The average molecular weight is 375 g/mol. The Balaban J connectivity index is 1.43. The molecule has 2 amide bonds. The Hall–Kier alpha value is -1.56. The van der Waals surface area contributed by atoms with Gasteiger partial charge in [-0.2, -0.15) is 0 Å². The van der Waals surface area contributed by atoms with Crippen LogP contribution in [0.25, 0.3) is 0 Å². The predicted octanol–water partition coefficient (Wildman–Crippen LogP) is 3.76. The zero-order chi connectivity index (χ0) is 18.6. The molecule has 27 heavy (non-hydrogen) atoms. The van der Waals surface area contributed by atoms with Gasteiger partial charge >= 0.3 is 6.03 Å². The summed E-state index contributed by atoms with van der Waals surface area (Å²) in [5, 5.41) is 3.29. The lowest BCUT2D eigenvalue weighted by molar-refractivity contribution is 0.0816. The van der Waals surface area contributed by atoms with Crippen LogP contribution >= 0.6 is 0 Å². The number of carbonyl (C=O) groups is 1. The highest BCUT2D eigenvalue weighted by atomic mass is 16.5. The third kappa shape index (κ3) is 4.31. The van der Waals surface area contributed by atoms with Crippen LogP contribution in [0.2, 0.25) is 0 Å².